The number of ketones is 1. The number of aromatic nitrogens is 2. The lowest BCUT2D eigenvalue weighted by Crippen LogP contribution is -2.37. The molecule has 6 heteroatoms. The number of carbonyl (C=O) groups excluding carboxylic acids is 1. The van der Waals surface area contributed by atoms with E-state index in [4.69, 9.17) is 4.52 Å². The molecule has 1 aliphatic heterocycles. The lowest BCUT2D eigenvalue weighted by molar-refractivity contribution is -0.121. The van der Waals surface area contributed by atoms with Crippen LogP contribution in [0.3, 0.4) is 0 Å². The van der Waals surface area contributed by atoms with Gasteiger partial charge in [0.15, 0.2) is 0 Å². The molecule has 4 rings (SSSR count). The van der Waals surface area contributed by atoms with Crippen molar-refractivity contribution in [2.75, 3.05) is 19.6 Å². The molecule has 0 atom stereocenters. The van der Waals surface area contributed by atoms with Crippen LogP contribution < -0.4 is 0 Å². The molecule has 0 radical (unpaired) electrons. The van der Waals surface area contributed by atoms with E-state index in [0.29, 0.717) is 30.0 Å². The molecule has 22 heavy (non-hydrogen) atoms. The van der Waals surface area contributed by atoms with E-state index < -0.39 is 0 Å². The molecule has 1 aliphatic carbocycles. The minimum Gasteiger partial charge on any atom is -0.339 e. The lowest BCUT2D eigenvalue weighted by atomic mass is 9.96. The van der Waals surface area contributed by atoms with Crippen molar-refractivity contribution in [2.45, 2.75) is 31.6 Å². The van der Waals surface area contributed by atoms with Crippen molar-refractivity contribution in [3.8, 4) is 10.7 Å². The van der Waals surface area contributed by atoms with E-state index in [2.05, 4.69) is 15.0 Å². The van der Waals surface area contributed by atoms with Crippen LogP contribution in [0.1, 0.15) is 37.5 Å². The second-order valence-electron chi connectivity index (χ2n) is 6.22. The van der Waals surface area contributed by atoms with Crippen molar-refractivity contribution < 1.29 is 9.32 Å². The monoisotopic (exact) mass is 317 g/mol. The highest BCUT2D eigenvalue weighted by atomic mass is 32.1. The van der Waals surface area contributed by atoms with Gasteiger partial charge in [-0.3, -0.25) is 9.69 Å². The molecular formula is C16H19N3O2S. The van der Waals surface area contributed by atoms with Crippen LogP contribution in [-0.2, 0) is 4.79 Å². The maximum Gasteiger partial charge on any atom is 0.230 e. The third-order valence-electron chi connectivity index (χ3n) is 4.53. The van der Waals surface area contributed by atoms with Crippen LogP contribution in [0.25, 0.3) is 10.7 Å². The average molecular weight is 317 g/mol. The van der Waals surface area contributed by atoms with E-state index in [-0.39, 0.29) is 0 Å². The Labute approximate surface area is 133 Å². The zero-order valence-corrected chi connectivity index (χ0v) is 13.2. The molecule has 2 aromatic rings. The van der Waals surface area contributed by atoms with Crippen LogP contribution in [0, 0.1) is 5.92 Å². The molecule has 0 bridgehead atoms. The van der Waals surface area contributed by atoms with E-state index in [1.54, 1.807) is 11.3 Å². The predicted molar refractivity (Wildman–Crippen MR) is 83.8 cm³/mol. The number of hydrogen-bond donors (Lipinski definition) is 0. The Bertz CT molecular complexity index is 640. The molecule has 0 N–H and O–H groups in total. The average Bonchev–Trinajstić information content (AvgIpc) is 3.04. The van der Waals surface area contributed by atoms with Gasteiger partial charge in [0, 0.05) is 11.8 Å². The second kappa shape index (κ2) is 5.93. The highest BCUT2D eigenvalue weighted by molar-refractivity contribution is 7.13. The number of nitrogens with zero attached hydrogens (tertiary/aromatic N) is 3. The molecule has 1 saturated heterocycles. The SMILES string of the molecule is O=C(CN1CCC(c2nc(-c3cccs3)no2)CC1)C1CC1. The van der Waals surface area contributed by atoms with Crippen LogP contribution in [-0.4, -0.2) is 40.5 Å². The van der Waals surface area contributed by atoms with Gasteiger partial charge in [-0.2, -0.15) is 4.98 Å². The van der Waals surface area contributed by atoms with Crippen molar-refractivity contribution in [3.63, 3.8) is 0 Å². The Kier molecular flexibility index (Phi) is 3.80. The van der Waals surface area contributed by atoms with E-state index >= 15 is 0 Å². The maximum atomic E-state index is 11.9. The second-order valence-corrected chi connectivity index (χ2v) is 7.17. The summed E-state index contributed by atoms with van der Waals surface area (Å²) in [5, 5.41) is 6.10. The molecule has 0 amide bonds. The van der Waals surface area contributed by atoms with Crippen molar-refractivity contribution in [1.82, 2.24) is 15.0 Å². The van der Waals surface area contributed by atoms with E-state index in [1.807, 2.05) is 17.5 Å². The van der Waals surface area contributed by atoms with E-state index in [0.717, 1.165) is 49.5 Å². The van der Waals surface area contributed by atoms with Crippen LogP contribution in [0.15, 0.2) is 22.0 Å². The first-order valence-electron chi connectivity index (χ1n) is 7.92. The summed E-state index contributed by atoms with van der Waals surface area (Å²) in [5.74, 6) is 2.56. The van der Waals surface area contributed by atoms with Gasteiger partial charge in [0.25, 0.3) is 0 Å². The van der Waals surface area contributed by atoms with Crippen LogP contribution >= 0.6 is 11.3 Å². The number of Topliss-reactive ketones (excluding diaryl/α,β-unsaturated/α-hetero) is 1. The van der Waals surface area contributed by atoms with Gasteiger partial charge in [0.2, 0.25) is 11.7 Å². The molecule has 3 heterocycles. The fourth-order valence-electron chi connectivity index (χ4n) is 3.00. The number of hydrogen-bond acceptors (Lipinski definition) is 6. The third kappa shape index (κ3) is 2.98. The molecule has 2 fully saturated rings. The smallest absolute Gasteiger partial charge is 0.230 e. The van der Waals surface area contributed by atoms with Gasteiger partial charge in [0.1, 0.15) is 5.78 Å². The van der Waals surface area contributed by atoms with Crippen molar-refractivity contribution in [1.29, 1.82) is 0 Å². The largest absolute Gasteiger partial charge is 0.339 e. The Hall–Kier alpha value is -1.53. The molecule has 5 nitrogen and oxygen atoms in total. The predicted octanol–water partition coefficient (Wildman–Crippen LogP) is 2.96. The highest BCUT2D eigenvalue weighted by Gasteiger charge is 2.32. The standard InChI is InChI=1S/C16H19N3O2S/c20-13(11-3-4-11)10-19-7-5-12(6-8-19)16-17-15(18-21-16)14-2-1-9-22-14/h1-2,9,11-12H,3-8,10H2. The summed E-state index contributed by atoms with van der Waals surface area (Å²) in [6.07, 6.45) is 4.18. The summed E-state index contributed by atoms with van der Waals surface area (Å²) >= 11 is 1.62. The topological polar surface area (TPSA) is 59.2 Å². The zero-order chi connectivity index (χ0) is 14.9. The normalized spacial score (nSPS) is 20.4. The molecule has 0 spiro atoms. The summed E-state index contributed by atoms with van der Waals surface area (Å²) in [5.41, 5.74) is 0. The molecule has 2 aromatic heterocycles. The number of carbonyl (C=O) groups is 1. The Balaban J connectivity index is 1.34. The van der Waals surface area contributed by atoms with Crippen molar-refractivity contribution >= 4 is 17.1 Å². The minimum atomic E-state index is 0.327. The van der Waals surface area contributed by atoms with Crippen molar-refractivity contribution in [3.05, 3.63) is 23.4 Å². The lowest BCUT2D eigenvalue weighted by Gasteiger charge is -2.29. The minimum absolute atomic E-state index is 0.327. The van der Waals surface area contributed by atoms with E-state index in [1.165, 1.54) is 0 Å². The maximum absolute atomic E-state index is 11.9. The summed E-state index contributed by atoms with van der Waals surface area (Å²) in [6.45, 7) is 2.52. The van der Waals surface area contributed by atoms with Gasteiger partial charge in [0.05, 0.1) is 11.4 Å². The fraction of sp³-hybridized carbons (Fsp3) is 0.562. The zero-order valence-electron chi connectivity index (χ0n) is 12.4. The quantitative estimate of drug-likeness (QED) is 0.848. The first kappa shape index (κ1) is 14.1. The molecule has 116 valence electrons. The molecule has 0 unspecified atom stereocenters. The number of piperidine rings is 1. The number of rotatable bonds is 5. The summed E-state index contributed by atoms with van der Waals surface area (Å²) in [4.78, 5) is 19.7. The summed E-state index contributed by atoms with van der Waals surface area (Å²) < 4.78 is 5.45. The number of thiophene rings is 1. The van der Waals surface area contributed by atoms with Gasteiger partial charge in [-0.05, 0) is 50.2 Å². The van der Waals surface area contributed by atoms with Crippen molar-refractivity contribution in [2.24, 2.45) is 5.92 Å². The Morgan fingerprint density at radius 1 is 1.32 bits per heavy atom. The van der Waals surface area contributed by atoms with Gasteiger partial charge in [-0.25, -0.2) is 0 Å². The van der Waals surface area contributed by atoms with Gasteiger partial charge in [-0.1, -0.05) is 11.2 Å². The van der Waals surface area contributed by atoms with Gasteiger partial charge in [-0.15, -0.1) is 11.3 Å². The van der Waals surface area contributed by atoms with E-state index in [9.17, 15) is 4.79 Å². The molecule has 1 saturated carbocycles. The molecule has 2 aliphatic rings. The van der Waals surface area contributed by atoms with Crippen LogP contribution in [0.5, 0.6) is 0 Å². The summed E-state index contributed by atoms with van der Waals surface area (Å²) in [7, 11) is 0. The Morgan fingerprint density at radius 3 is 2.82 bits per heavy atom. The third-order valence-corrected chi connectivity index (χ3v) is 5.40. The van der Waals surface area contributed by atoms with Crippen LogP contribution in [0.4, 0.5) is 0 Å². The summed E-state index contributed by atoms with van der Waals surface area (Å²) in [6, 6.07) is 4.00. The van der Waals surface area contributed by atoms with Crippen LogP contribution in [0.2, 0.25) is 0 Å². The first-order valence-corrected chi connectivity index (χ1v) is 8.80. The number of likely N-dealkylation sites (tertiary alicyclic amines) is 1. The Morgan fingerprint density at radius 2 is 2.14 bits per heavy atom. The van der Waals surface area contributed by atoms with Gasteiger partial charge < -0.3 is 4.52 Å². The molecular weight excluding hydrogens is 298 g/mol. The van der Waals surface area contributed by atoms with Gasteiger partial charge >= 0.3 is 0 Å². The molecule has 0 aromatic carbocycles. The fourth-order valence-corrected chi connectivity index (χ4v) is 3.65. The first-order chi connectivity index (χ1) is 10.8. The highest BCUT2D eigenvalue weighted by Crippen LogP contribution is 2.32.